The van der Waals surface area contributed by atoms with Crippen LogP contribution in [-0.2, 0) is 0 Å². The molecule has 0 spiro atoms. The lowest BCUT2D eigenvalue weighted by Crippen LogP contribution is -2.37. The Bertz CT molecular complexity index is 408. The smallest absolute Gasteiger partial charge is 0.316 e. The highest BCUT2D eigenvalue weighted by molar-refractivity contribution is 5.73. The van der Waals surface area contributed by atoms with Gasteiger partial charge in [0.15, 0.2) is 0 Å². The molecule has 0 saturated carbocycles. The van der Waals surface area contributed by atoms with E-state index in [2.05, 4.69) is 26.0 Å². The zero-order valence-electron chi connectivity index (χ0n) is 10.4. The van der Waals surface area contributed by atoms with Gasteiger partial charge < -0.3 is 26.7 Å². The lowest BCUT2D eigenvalue weighted by Gasteiger charge is -2.12. The van der Waals surface area contributed by atoms with E-state index in [4.69, 9.17) is 11.6 Å². The van der Waals surface area contributed by atoms with Crippen molar-refractivity contribution in [1.82, 2.24) is 20.2 Å². The average molecular weight is 254 g/mol. The molecule has 2 amide bonds. The Morgan fingerprint density at radius 1 is 1.33 bits per heavy atom. The van der Waals surface area contributed by atoms with Gasteiger partial charge in [-0.05, 0) is 0 Å². The number of aromatic nitrogens is 2. The van der Waals surface area contributed by atoms with Crippen molar-refractivity contribution in [3.8, 4) is 0 Å². The second-order valence-electron chi connectivity index (χ2n) is 3.69. The minimum Gasteiger partial charge on any atom is -0.368 e. The molecule has 0 aromatic carbocycles. The van der Waals surface area contributed by atoms with Crippen LogP contribution in [0.1, 0.15) is 0 Å². The third kappa shape index (κ3) is 4.29. The fourth-order valence-corrected chi connectivity index (χ4v) is 1.15. The van der Waals surface area contributed by atoms with Crippen molar-refractivity contribution in [3.05, 3.63) is 6.07 Å². The highest BCUT2D eigenvalue weighted by atomic mass is 16.2. The van der Waals surface area contributed by atoms with E-state index in [1.54, 1.807) is 20.2 Å². The molecule has 1 aromatic rings. The maximum absolute atomic E-state index is 11.2. The molecule has 0 aliphatic rings. The lowest BCUT2D eigenvalue weighted by atomic mass is 10.5. The highest BCUT2D eigenvalue weighted by Gasteiger charge is 2.02. The first-order chi connectivity index (χ1) is 8.52. The van der Waals surface area contributed by atoms with Crippen molar-refractivity contribution >= 4 is 23.6 Å². The zero-order valence-corrected chi connectivity index (χ0v) is 10.4. The second-order valence-corrected chi connectivity index (χ2v) is 3.69. The summed E-state index contributed by atoms with van der Waals surface area (Å²) in [6, 6.07) is 1.47. The maximum Gasteiger partial charge on any atom is 0.316 e. The number of hydrazine groups is 1. The molecule has 0 aliphatic heterocycles. The van der Waals surface area contributed by atoms with Crippen LogP contribution in [0.4, 0.5) is 22.4 Å². The van der Waals surface area contributed by atoms with E-state index in [1.807, 2.05) is 0 Å². The first kappa shape index (κ1) is 13.8. The van der Waals surface area contributed by atoms with Crippen LogP contribution in [0.15, 0.2) is 6.07 Å². The van der Waals surface area contributed by atoms with Crippen molar-refractivity contribution in [3.63, 3.8) is 0 Å². The normalized spacial score (nSPS) is 9.72. The van der Waals surface area contributed by atoms with Gasteiger partial charge in [-0.15, -0.1) is 0 Å². The van der Waals surface area contributed by atoms with Crippen molar-refractivity contribution in [1.29, 1.82) is 0 Å². The quantitative estimate of drug-likeness (QED) is 0.259. The summed E-state index contributed by atoms with van der Waals surface area (Å²) in [5, 5.41) is 5.70. The van der Waals surface area contributed by atoms with E-state index in [0.29, 0.717) is 24.7 Å². The van der Waals surface area contributed by atoms with Crippen LogP contribution in [-0.4, -0.2) is 48.1 Å². The summed E-state index contributed by atoms with van der Waals surface area (Å²) in [5.74, 6) is 6.30. The lowest BCUT2D eigenvalue weighted by molar-refractivity contribution is 0.218. The summed E-state index contributed by atoms with van der Waals surface area (Å²) < 4.78 is 0. The predicted molar refractivity (Wildman–Crippen MR) is 69.8 cm³/mol. The minimum absolute atomic E-state index is 0.116. The van der Waals surface area contributed by atoms with Gasteiger partial charge in [0, 0.05) is 33.3 Å². The van der Waals surface area contributed by atoms with Gasteiger partial charge in [-0.3, -0.25) is 0 Å². The number of nitrogens with zero attached hydrogens (tertiary/aromatic N) is 3. The van der Waals surface area contributed by atoms with E-state index in [-0.39, 0.29) is 12.0 Å². The summed E-state index contributed by atoms with van der Waals surface area (Å²) in [5.41, 5.74) is 7.88. The number of nitrogens with two attached hydrogens (primary N) is 2. The number of hydrogen-bond acceptors (Lipinski definition) is 7. The maximum atomic E-state index is 11.2. The molecule has 0 aliphatic carbocycles. The van der Waals surface area contributed by atoms with Gasteiger partial charge in [0.2, 0.25) is 5.95 Å². The Morgan fingerprint density at radius 2 is 2.00 bits per heavy atom. The third-order valence-electron chi connectivity index (χ3n) is 2.00. The number of hydrogen-bond donors (Lipinski definition) is 5. The van der Waals surface area contributed by atoms with Crippen LogP contribution in [0.25, 0.3) is 0 Å². The predicted octanol–water partition coefficient (Wildman–Crippen LogP) is -0.972. The van der Waals surface area contributed by atoms with Crippen LogP contribution in [0, 0.1) is 0 Å². The van der Waals surface area contributed by atoms with Gasteiger partial charge >= 0.3 is 6.03 Å². The molecule has 9 heteroatoms. The molecule has 0 saturated heterocycles. The van der Waals surface area contributed by atoms with Crippen molar-refractivity contribution in [2.45, 2.75) is 0 Å². The number of anilines is 3. The van der Waals surface area contributed by atoms with Crippen LogP contribution in [0.3, 0.4) is 0 Å². The van der Waals surface area contributed by atoms with Crippen LogP contribution < -0.4 is 27.6 Å². The summed E-state index contributed by atoms with van der Waals surface area (Å²) in [6.45, 7) is 0.979. The van der Waals surface area contributed by atoms with Crippen molar-refractivity contribution < 1.29 is 4.79 Å². The molecule has 1 rings (SSSR count). The van der Waals surface area contributed by atoms with Gasteiger partial charge in [-0.2, -0.15) is 9.97 Å². The number of carbonyl (C=O) groups excluding carboxylic acids is 1. The molecule has 1 heterocycles. The molecule has 100 valence electrons. The standard InChI is InChI=1S/C9H18N8O/c1-17(2)9(18)13-4-3-12-6-5-7(16-11)15-8(10)14-6/h5H,3-4,11H2,1-2H3,(H,13,18)(H4,10,12,14,15,16). The molecule has 9 nitrogen and oxygen atoms in total. The summed E-state index contributed by atoms with van der Waals surface area (Å²) in [4.78, 5) is 20.5. The fourth-order valence-electron chi connectivity index (χ4n) is 1.15. The molecule has 0 atom stereocenters. The SMILES string of the molecule is CN(C)C(=O)NCCNc1cc(NN)nc(N)n1. The number of carbonyl (C=O) groups is 1. The number of nitrogens with one attached hydrogen (secondary N) is 3. The van der Waals surface area contributed by atoms with Crippen LogP contribution >= 0.6 is 0 Å². The zero-order chi connectivity index (χ0) is 13.5. The van der Waals surface area contributed by atoms with Gasteiger partial charge in [0.05, 0.1) is 0 Å². The van der Waals surface area contributed by atoms with E-state index < -0.39 is 0 Å². The molecule has 0 bridgehead atoms. The third-order valence-corrected chi connectivity index (χ3v) is 2.00. The Morgan fingerprint density at radius 3 is 2.61 bits per heavy atom. The minimum atomic E-state index is -0.150. The molecule has 0 radical (unpaired) electrons. The fraction of sp³-hybridized carbons (Fsp3) is 0.444. The number of urea groups is 1. The van der Waals surface area contributed by atoms with Gasteiger partial charge in [-0.25, -0.2) is 10.6 Å². The molecule has 0 unspecified atom stereocenters. The van der Waals surface area contributed by atoms with E-state index >= 15 is 0 Å². The second kappa shape index (κ2) is 6.45. The topological polar surface area (TPSA) is 134 Å². The Balaban J connectivity index is 2.39. The van der Waals surface area contributed by atoms with Crippen molar-refractivity contribution in [2.24, 2.45) is 5.84 Å². The number of amides is 2. The highest BCUT2D eigenvalue weighted by Crippen LogP contribution is 2.10. The monoisotopic (exact) mass is 254 g/mol. The summed E-state index contributed by atoms with van der Waals surface area (Å²) >= 11 is 0. The molecule has 18 heavy (non-hydrogen) atoms. The van der Waals surface area contributed by atoms with Crippen LogP contribution in [0.2, 0.25) is 0 Å². The summed E-state index contributed by atoms with van der Waals surface area (Å²) in [7, 11) is 3.35. The molecule has 0 fully saturated rings. The van der Waals surface area contributed by atoms with Crippen molar-refractivity contribution in [2.75, 3.05) is 43.7 Å². The number of nitrogen functional groups attached to an aromatic ring is 2. The van der Waals surface area contributed by atoms with E-state index in [9.17, 15) is 4.79 Å². The van der Waals surface area contributed by atoms with Gasteiger partial charge in [-0.1, -0.05) is 0 Å². The molecular formula is C9H18N8O. The Kier molecular flexibility index (Phi) is 4.93. The Labute approximate surface area is 105 Å². The first-order valence-corrected chi connectivity index (χ1v) is 5.33. The van der Waals surface area contributed by atoms with Gasteiger partial charge in [0.1, 0.15) is 11.6 Å². The van der Waals surface area contributed by atoms with E-state index in [1.165, 1.54) is 4.90 Å². The van der Waals surface area contributed by atoms with Crippen LogP contribution in [0.5, 0.6) is 0 Å². The van der Waals surface area contributed by atoms with Gasteiger partial charge in [0.25, 0.3) is 0 Å². The average Bonchev–Trinajstić information content (AvgIpc) is 2.33. The first-order valence-electron chi connectivity index (χ1n) is 5.33. The van der Waals surface area contributed by atoms with E-state index in [0.717, 1.165) is 0 Å². The number of rotatable bonds is 5. The largest absolute Gasteiger partial charge is 0.368 e. The molecular weight excluding hydrogens is 236 g/mol. The molecule has 1 aromatic heterocycles. The summed E-state index contributed by atoms with van der Waals surface area (Å²) in [6.07, 6.45) is 0. The Hall–Kier alpha value is -2.29. The molecule has 7 N–H and O–H groups in total.